The van der Waals surface area contributed by atoms with Crippen LogP contribution in [0.4, 0.5) is 11.5 Å². The van der Waals surface area contributed by atoms with Gasteiger partial charge in [0.15, 0.2) is 12.2 Å². The number of anilines is 2. The monoisotopic (exact) mass is 307 g/mol. The first-order valence-electron chi connectivity index (χ1n) is 6.80. The van der Waals surface area contributed by atoms with E-state index in [1.54, 1.807) is 12.4 Å². The first kappa shape index (κ1) is 12.8. The van der Waals surface area contributed by atoms with E-state index < -0.39 is 0 Å². The van der Waals surface area contributed by atoms with E-state index in [2.05, 4.69) is 24.8 Å². The van der Waals surface area contributed by atoms with Crippen molar-refractivity contribution in [1.29, 1.82) is 0 Å². The van der Waals surface area contributed by atoms with E-state index >= 15 is 0 Å². The number of rotatable bonds is 2. The van der Waals surface area contributed by atoms with Crippen LogP contribution in [0.2, 0.25) is 5.28 Å². The molecule has 2 aromatic rings. The lowest BCUT2D eigenvalue weighted by Crippen LogP contribution is -2.55. The van der Waals surface area contributed by atoms with Crippen molar-refractivity contribution in [2.24, 2.45) is 0 Å². The fourth-order valence-corrected chi connectivity index (χ4v) is 3.00. The van der Waals surface area contributed by atoms with Crippen LogP contribution in [0.1, 0.15) is 5.76 Å². The van der Waals surface area contributed by atoms with E-state index in [9.17, 15) is 0 Å². The molecule has 2 aliphatic rings. The minimum absolute atomic E-state index is 0.264. The summed E-state index contributed by atoms with van der Waals surface area (Å²) >= 11 is 5.97. The standard InChI is InChI=1S/C13H14ClN5O2/c14-13-16-4-11-12(17-13)19-1-2-20-7-9(19)5-18(11)6-10-3-15-8-21-10/h3-4,8-9H,1-2,5-7H2. The van der Waals surface area contributed by atoms with Gasteiger partial charge in [-0.2, -0.15) is 4.98 Å². The van der Waals surface area contributed by atoms with Gasteiger partial charge in [-0.1, -0.05) is 0 Å². The van der Waals surface area contributed by atoms with E-state index in [4.69, 9.17) is 20.8 Å². The zero-order valence-corrected chi connectivity index (χ0v) is 12.0. The van der Waals surface area contributed by atoms with Crippen molar-refractivity contribution in [2.45, 2.75) is 12.6 Å². The van der Waals surface area contributed by atoms with Gasteiger partial charge in [-0.25, -0.2) is 9.97 Å². The maximum Gasteiger partial charge on any atom is 0.224 e. The highest BCUT2D eigenvalue weighted by atomic mass is 35.5. The van der Waals surface area contributed by atoms with Gasteiger partial charge in [0.25, 0.3) is 0 Å². The molecule has 1 saturated heterocycles. The molecule has 0 aromatic carbocycles. The summed E-state index contributed by atoms with van der Waals surface area (Å²) in [4.78, 5) is 16.9. The first-order chi connectivity index (χ1) is 10.3. The Hall–Kier alpha value is -1.86. The summed E-state index contributed by atoms with van der Waals surface area (Å²) in [5.74, 6) is 1.68. The van der Waals surface area contributed by atoms with E-state index in [1.807, 2.05) is 0 Å². The highest BCUT2D eigenvalue weighted by molar-refractivity contribution is 6.28. The predicted octanol–water partition coefficient (Wildman–Crippen LogP) is 1.34. The van der Waals surface area contributed by atoms with Crippen molar-refractivity contribution in [3.8, 4) is 0 Å². The second-order valence-corrected chi connectivity index (χ2v) is 5.46. The zero-order chi connectivity index (χ0) is 14.2. The Balaban J connectivity index is 1.71. The molecule has 0 N–H and O–H groups in total. The maximum absolute atomic E-state index is 5.97. The number of halogens is 1. The van der Waals surface area contributed by atoms with E-state index in [1.165, 1.54) is 6.39 Å². The van der Waals surface area contributed by atoms with Gasteiger partial charge in [-0.05, 0) is 11.6 Å². The van der Waals surface area contributed by atoms with Gasteiger partial charge in [0.05, 0.1) is 43.9 Å². The van der Waals surface area contributed by atoms with Gasteiger partial charge in [0, 0.05) is 13.1 Å². The molecule has 0 spiro atoms. The molecule has 7 nitrogen and oxygen atoms in total. The molecule has 0 amide bonds. The Kier molecular flexibility index (Phi) is 3.16. The largest absolute Gasteiger partial charge is 0.447 e. The lowest BCUT2D eigenvalue weighted by atomic mass is 10.1. The lowest BCUT2D eigenvalue weighted by molar-refractivity contribution is 0.0934. The highest BCUT2D eigenvalue weighted by Crippen LogP contribution is 2.35. The molecule has 0 bridgehead atoms. The minimum Gasteiger partial charge on any atom is -0.447 e. The molecule has 8 heteroatoms. The first-order valence-corrected chi connectivity index (χ1v) is 7.18. The van der Waals surface area contributed by atoms with Gasteiger partial charge in [-0.3, -0.25) is 0 Å². The molecule has 4 rings (SSSR count). The van der Waals surface area contributed by atoms with Crippen molar-refractivity contribution in [3.05, 3.63) is 29.8 Å². The summed E-state index contributed by atoms with van der Waals surface area (Å²) in [6.45, 7) is 3.68. The number of morpholine rings is 1. The quantitative estimate of drug-likeness (QED) is 0.776. The number of aromatic nitrogens is 3. The average molecular weight is 308 g/mol. The van der Waals surface area contributed by atoms with Crippen LogP contribution in [-0.2, 0) is 11.3 Å². The second-order valence-electron chi connectivity index (χ2n) is 5.12. The molecule has 0 radical (unpaired) electrons. The summed E-state index contributed by atoms with van der Waals surface area (Å²) in [5.41, 5.74) is 0.967. The molecule has 2 aromatic heterocycles. The molecule has 1 unspecified atom stereocenters. The van der Waals surface area contributed by atoms with Crippen LogP contribution in [0.25, 0.3) is 0 Å². The zero-order valence-electron chi connectivity index (χ0n) is 11.3. The van der Waals surface area contributed by atoms with Crippen LogP contribution in [0.5, 0.6) is 0 Å². The van der Waals surface area contributed by atoms with Crippen LogP contribution >= 0.6 is 11.6 Å². The molecule has 4 heterocycles. The van der Waals surface area contributed by atoms with Crippen LogP contribution in [-0.4, -0.2) is 47.3 Å². The van der Waals surface area contributed by atoms with Crippen LogP contribution in [0.3, 0.4) is 0 Å². The van der Waals surface area contributed by atoms with Gasteiger partial charge in [0.1, 0.15) is 5.76 Å². The average Bonchev–Trinajstić information content (AvgIpc) is 3.00. The number of hydrogen-bond donors (Lipinski definition) is 0. The Morgan fingerprint density at radius 3 is 3.19 bits per heavy atom. The second kappa shape index (κ2) is 5.16. The Morgan fingerprint density at radius 2 is 2.33 bits per heavy atom. The number of ether oxygens (including phenoxy) is 1. The SMILES string of the molecule is Clc1ncc2c(n1)N1CCOCC1CN2Cc1cnco1. The topological polar surface area (TPSA) is 67.5 Å². The van der Waals surface area contributed by atoms with Crippen molar-refractivity contribution in [1.82, 2.24) is 15.0 Å². The molecule has 110 valence electrons. The third-order valence-electron chi connectivity index (χ3n) is 3.82. The summed E-state index contributed by atoms with van der Waals surface area (Å²) in [6, 6.07) is 0.264. The molecular weight excluding hydrogens is 294 g/mol. The van der Waals surface area contributed by atoms with Crippen molar-refractivity contribution >= 4 is 23.1 Å². The molecule has 21 heavy (non-hydrogen) atoms. The number of hydrogen-bond acceptors (Lipinski definition) is 7. The summed E-state index contributed by atoms with van der Waals surface area (Å²) in [6.07, 6.45) is 4.93. The third-order valence-corrected chi connectivity index (χ3v) is 4.00. The lowest BCUT2D eigenvalue weighted by Gasteiger charge is -2.45. The third kappa shape index (κ3) is 2.32. The van der Waals surface area contributed by atoms with E-state index in [0.717, 1.165) is 30.4 Å². The number of nitrogens with zero attached hydrogens (tertiary/aromatic N) is 5. The summed E-state index contributed by atoms with van der Waals surface area (Å²) in [5, 5.41) is 0.264. The minimum atomic E-state index is 0.264. The van der Waals surface area contributed by atoms with Gasteiger partial charge < -0.3 is 19.0 Å². The molecule has 0 aliphatic carbocycles. The van der Waals surface area contributed by atoms with Crippen LogP contribution in [0, 0.1) is 0 Å². The Morgan fingerprint density at radius 1 is 1.38 bits per heavy atom. The molecule has 0 saturated carbocycles. The number of oxazole rings is 1. The maximum atomic E-state index is 5.97. The highest BCUT2D eigenvalue weighted by Gasteiger charge is 2.34. The van der Waals surface area contributed by atoms with Gasteiger partial charge in [-0.15, -0.1) is 0 Å². The molecule has 1 atom stereocenters. The smallest absolute Gasteiger partial charge is 0.224 e. The van der Waals surface area contributed by atoms with E-state index in [0.29, 0.717) is 19.8 Å². The fourth-order valence-electron chi connectivity index (χ4n) is 2.88. The summed E-state index contributed by atoms with van der Waals surface area (Å²) < 4.78 is 10.9. The normalized spacial score (nSPS) is 21.1. The Bertz CT molecular complexity index is 635. The van der Waals surface area contributed by atoms with Crippen molar-refractivity contribution in [3.63, 3.8) is 0 Å². The van der Waals surface area contributed by atoms with Crippen LogP contribution < -0.4 is 9.80 Å². The molecular formula is C13H14ClN5O2. The summed E-state index contributed by atoms with van der Waals surface area (Å²) in [7, 11) is 0. The molecule has 1 fully saturated rings. The van der Waals surface area contributed by atoms with Gasteiger partial charge >= 0.3 is 0 Å². The van der Waals surface area contributed by atoms with Crippen molar-refractivity contribution in [2.75, 3.05) is 36.1 Å². The molecule has 2 aliphatic heterocycles. The predicted molar refractivity (Wildman–Crippen MR) is 76.5 cm³/mol. The fraction of sp³-hybridized carbons (Fsp3) is 0.462. The number of fused-ring (bicyclic) bond motifs is 3. The van der Waals surface area contributed by atoms with E-state index in [-0.39, 0.29) is 11.3 Å². The van der Waals surface area contributed by atoms with Crippen LogP contribution in [0.15, 0.2) is 23.2 Å². The Labute approximate surface area is 126 Å². The van der Waals surface area contributed by atoms with Crippen molar-refractivity contribution < 1.29 is 9.15 Å². The van der Waals surface area contributed by atoms with Gasteiger partial charge in [0.2, 0.25) is 5.28 Å².